The minimum Gasteiger partial charge on any atom is -0.292 e. The van der Waals surface area contributed by atoms with E-state index in [1.54, 1.807) is 0 Å². The number of pyridine rings is 1. The quantitative estimate of drug-likeness (QED) is 0.146. The molecular formula is C41H27N2PS. The first-order valence-corrected chi connectivity index (χ1v) is 18.0. The van der Waals surface area contributed by atoms with Crippen LogP contribution in [0.15, 0.2) is 164 Å². The van der Waals surface area contributed by atoms with E-state index in [0.29, 0.717) is 0 Å². The first-order valence-electron chi connectivity index (χ1n) is 15.2. The molecule has 2 aromatic heterocycles. The molecule has 0 aliphatic rings. The van der Waals surface area contributed by atoms with Gasteiger partial charge in [-0.1, -0.05) is 133 Å². The van der Waals surface area contributed by atoms with Crippen LogP contribution in [0.4, 0.5) is 0 Å². The van der Waals surface area contributed by atoms with E-state index >= 15 is 0 Å². The summed E-state index contributed by atoms with van der Waals surface area (Å²) in [4.78, 5) is 5.07. The van der Waals surface area contributed by atoms with Gasteiger partial charge < -0.3 is 0 Å². The number of rotatable bonds is 4. The second-order valence-corrected chi connectivity index (χ2v) is 16.0. The summed E-state index contributed by atoms with van der Waals surface area (Å²) in [5.41, 5.74) is 6.70. The van der Waals surface area contributed by atoms with Crippen LogP contribution in [-0.4, -0.2) is 9.38 Å². The van der Waals surface area contributed by atoms with E-state index in [9.17, 15) is 0 Å². The van der Waals surface area contributed by atoms with Crippen LogP contribution < -0.4 is 15.9 Å². The molecule has 0 aliphatic carbocycles. The van der Waals surface area contributed by atoms with Gasteiger partial charge in [-0.15, -0.1) is 0 Å². The third kappa shape index (κ3) is 4.09. The SMILES string of the molecule is S=P(c1ccccc1)(c1ccccc1)c1ccc2cc(-c3ccc4c(c3)c3ccccc3n3c5ccccc5nc43)ccc2c1. The summed E-state index contributed by atoms with van der Waals surface area (Å²) < 4.78 is 2.30. The standard InChI is InChI=1S/C41H27N2PS/c45-44(32-11-3-1-4-12-32,33-13-5-2-6-14-33)34-23-21-29-25-28(19-20-30(29)26-34)31-22-24-36-37(27-31)35-15-7-9-17-39(35)43-40-18-10-8-16-38(40)42-41(36)43/h1-27H. The number of benzene rings is 7. The fraction of sp³-hybridized carbons (Fsp3) is 0. The molecule has 0 amide bonds. The predicted molar refractivity (Wildman–Crippen MR) is 197 cm³/mol. The minimum absolute atomic E-state index is 0.995. The first kappa shape index (κ1) is 26.3. The van der Waals surface area contributed by atoms with Crippen LogP contribution in [-0.2, 0) is 11.8 Å². The third-order valence-corrected chi connectivity index (χ3v) is 14.0. The number of aromatic nitrogens is 2. The maximum Gasteiger partial charge on any atom is 0.146 e. The van der Waals surface area contributed by atoms with Crippen LogP contribution in [0.25, 0.3) is 60.3 Å². The van der Waals surface area contributed by atoms with Gasteiger partial charge >= 0.3 is 0 Å². The lowest BCUT2D eigenvalue weighted by atomic mass is 9.97. The molecule has 0 aliphatic heterocycles. The highest BCUT2D eigenvalue weighted by Gasteiger charge is 2.25. The molecule has 0 saturated carbocycles. The van der Waals surface area contributed by atoms with E-state index in [4.69, 9.17) is 16.8 Å². The Bertz CT molecular complexity index is 2580. The molecule has 2 nitrogen and oxygen atoms in total. The molecule has 0 spiro atoms. The molecule has 0 unspecified atom stereocenters. The average molecular weight is 611 g/mol. The highest BCUT2D eigenvalue weighted by atomic mass is 32.4. The van der Waals surface area contributed by atoms with E-state index in [2.05, 4.69) is 168 Å². The average Bonchev–Trinajstić information content (AvgIpc) is 3.52. The van der Waals surface area contributed by atoms with Gasteiger partial charge in [0, 0.05) is 16.8 Å². The summed E-state index contributed by atoms with van der Waals surface area (Å²) in [6.45, 7) is 0. The van der Waals surface area contributed by atoms with Crippen LogP contribution in [0.2, 0.25) is 0 Å². The fourth-order valence-electron chi connectivity index (χ4n) is 6.82. The van der Waals surface area contributed by atoms with E-state index in [0.717, 1.165) is 22.1 Å². The number of nitrogens with zero attached hydrogens (tertiary/aromatic N) is 2. The molecule has 45 heavy (non-hydrogen) atoms. The van der Waals surface area contributed by atoms with Crippen molar-refractivity contribution in [3.63, 3.8) is 0 Å². The molecule has 7 aromatic carbocycles. The van der Waals surface area contributed by atoms with Gasteiger partial charge in [0.2, 0.25) is 0 Å². The van der Waals surface area contributed by atoms with Gasteiger partial charge in [-0.2, -0.15) is 0 Å². The summed E-state index contributed by atoms with van der Waals surface area (Å²) in [6.07, 6.45) is 0. The molecule has 9 rings (SSSR count). The van der Waals surface area contributed by atoms with Gasteiger partial charge in [0.1, 0.15) is 5.65 Å². The van der Waals surface area contributed by atoms with E-state index in [1.807, 2.05) is 0 Å². The molecule has 0 bridgehead atoms. The predicted octanol–water partition coefficient (Wildman–Crippen LogP) is 9.37. The lowest BCUT2D eigenvalue weighted by molar-refractivity contribution is 1.31. The van der Waals surface area contributed by atoms with Crippen LogP contribution in [0.3, 0.4) is 0 Å². The van der Waals surface area contributed by atoms with Crippen molar-refractivity contribution in [3.8, 4) is 11.1 Å². The van der Waals surface area contributed by atoms with Crippen molar-refractivity contribution in [2.45, 2.75) is 0 Å². The highest BCUT2D eigenvalue weighted by molar-refractivity contribution is 8.25. The van der Waals surface area contributed by atoms with Crippen molar-refractivity contribution in [3.05, 3.63) is 164 Å². The van der Waals surface area contributed by atoms with Gasteiger partial charge in [-0.05, 0) is 85.7 Å². The maximum absolute atomic E-state index is 6.61. The summed E-state index contributed by atoms with van der Waals surface area (Å²) in [5.74, 6) is 0. The van der Waals surface area contributed by atoms with Crippen molar-refractivity contribution in [1.29, 1.82) is 0 Å². The zero-order chi connectivity index (χ0) is 30.0. The van der Waals surface area contributed by atoms with Gasteiger partial charge in [0.05, 0.1) is 16.6 Å². The number of fused-ring (bicyclic) bond motifs is 9. The van der Waals surface area contributed by atoms with Gasteiger partial charge in [-0.3, -0.25) is 4.40 Å². The number of para-hydroxylation sites is 3. The summed E-state index contributed by atoms with van der Waals surface area (Å²) in [5, 5.41) is 9.65. The van der Waals surface area contributed by atoms with E-state index in [1.165, 1.54) is 54.1 Å². The molecule has 9 aromatic rings. The van der Waals surface area contributed by atoms with Gasteiger partial charge in [-0.25, -0.2) is 4.98 Å². The lowest BCUT2D eigenvalue weighted by Crippen LogP contribution is -2.24. The maximum atomic E-state index is 6.61. The van der Waals surface area contributed by atoms with Crippen molar-refractivity contribution >= 4 is 82.9 Å². The third-order valence-electron chi connectivity index (χ3n) is 9.02. The second kappa shape index (κ2) is 10.2. The molecule has 0 fully saturated rings. The number of hydrogen-bond donors (Lipinski definition) is 0. The molecule has 0 saturated heterocycles. The monoisotopic (exact) mass is 610 g/mol. The van der Waals surface area contributed by atoms with Crippen LogP contribution in [0.5, 0.6) is 0 Å². The number of imidazole rings is 1. The van der Waals surface area contributed by atoms with Crippen LogP contribution in [0.1, 0.15) is 0 Å². The first-order chi connectivity index (χ1) is 22.2. The van der Waals surface area contributed by atoms with Gasteiger partial charge in [0.25, 0.3) is 0 Å². The molecule has 0 radical (unpaired) electrons. The molecule has 212 valence electrons. The second-order valence-electron chi connectivity index (χ2n) is 11.6. The fourth-order valence-corrected chi connectivity index (χ4v) is 10.6. The normalized spacial score (nSPS) is 12.1. The summed E-state index contributed by atoms with van der Waals surface area (Å²) in [7, 11) is 0. The topological polar surface area (TPSA) is 17.3 Å². The largest absolute Gasteiger partial charge is 0.292 e. The molecule has 0 atom stereocenters. The Kier molecular flexibility index (Phi) is 5.99. The number of hydrogen-bond acceptors (Lipinski definition) is 2. The highest BCUT2D eigenvalue weighted by Crippen LogP contribution is 2.43. The van der Waals surface area contributed by atoms with Crippen molar-refractivity contribution in [2.24, 2.45) is 0 Å². The molecule has 2 heterocycles. The summed E-state index contributed by atoms with van der Waals surface area (Å²) in [6, 6.07) is 56.5. The zero-order valence-electron chi connectivity index (χ0n) is 24.3. The molecular weight excluding hydrogens is 584 g/mol. The zero-order valence-corrected chi connectivity index (χ0v) is 26.0. The van der Waals surface area contributed by atoms with Crippen molar-refractivity contribution in [1.82, 2.24) is 9.38 Å². The lowest BCUT2D eigenvalue weighted by Gasteiger charge is -2.24. The Hall–Kier alpha value is -5.08. The van der Waals surface area contributed by atoms with Crippen LogP contribution in [0, 0.1) is 0 Å². The molecule has 0 N–H and O–H groups in total. The van der Waals surface area contributed by atoms with Crippen molar-refractivity contribution in [2.75, 3.05) is 0 Å². The Morgan fingerprint density at radius 1 is 0.444 bits per heavy atom. The van der Waals surface area contributed by atoms with Crippen LogP contribution >= 0.6 is 6.04 Å². The van der Waals surface area contributed by atoms with E-state index in [-0.39, 0.29) is 0 Å². The van der Waals surface area contributed by atoms with Gasteiger partial charge in [0.15, 0.2) is 0 Å². The smallest absolute Gasteiger partial charge is 0.146 e. The Morgan fingerprint density at radius 3 is 1.82 bits per heavy atom. The van der Waals surface area contributed by atoms with E-state index < -0.39 is 6.04 Å². The minimum atomic E-state index is -2.21. The summed E-state index contributed by atoms with van der Waals surface area (Å²) >= 11 is 6.61. The Morgan fingerprint density at radius 2 is 1.04 bits per heavy atom. The Labute approximate surface area is 266 Å². The van der Waals surface area contributed by atoms with Crippen molar-refractivity contribution < 1.29 is 0 Å². The Balaban J connectivity index is 1.19. The molecule has 4 heteroatoms.